The van der Waals surface area contributed by atoms with E-state index in [-0.39, 0.29) is 5.97 Å². The van der Waals surface area contributed by atoms with Crippen molar-refractivity contribution in [3.63, 3.8) is 0 Å². The first kappa shape index (κ1) is 22.6. The minimum Gasteiger partial charge on any atom is -0.490 e. The third-order valence-electron chi connectivity index (χ3n) is 5.00. The minimum atomic E-state index is -0.538. The molecule has 0 amide bonds. The van der Waals surface area contributed by atoms with Crippen molar-refractivity contribution in [1.82, 2.24) is 20.2 Å². The van der Waals surface area contributed by atoms with Crippen LogP contribution in [0, 0.1) is 0 Å². The van der Waals surface area contributed by atoms with Crippen molar-refractivity contribution in [1.29, 1.82) is 0 Å². The van der Waals surface area contributed by atoms with Gasteiger partial charge in [0.15, 0.2) is 11.5 Å². The second-order valence-electron chi connectivity index (χ2n) is 7.34. The maximum atomic E-state index is 13.0. The van der Waals surface area contributed by atoms with E-state index in [4.69, 9.17) is 14.2 Å². The molecule has 1 aliphatic heterocycles. The molecule has 3 rings (SSSR count). The molecule has 2 heterocycles. The molecular formula is C22H31N5O4. The fraction of sp³-hybridized carbons (Fsp3) is 0.545. The summed E-state index contributed by atoms with van der Waals surface area (Å²) in [7, 11) is 0. The summed E-state index contributed by atoms with van der Waals surface area (Å²) in [6.07, 6.45) is 3.77. The van der Waals surface area contributed by atoms with Crippen LogP contribution in [0.5, 0.6) is 11.5 Å². The minimum absolute atomic E-state index is 0.371. The number of rotatable bonds is 11. The Bertz CT molecular complexity index is 924. The Hall–Kier alpha value is -3.10. The summed E-state index contributed by atoms with van der Waals surface area (Å²) in [5.74, 6) is 1.39. The van der Waals surface area contributed by atoms with Crippen molar-refractivity contribution in [3.8, 4) is 11.5 Å². The monoisotopic (exact) mass is 429 g/mol. The summed E-state index contributed by atoms with van der Waals surface area (Å²) in [5.41, 5.74) is 1.94. The number of nitrogens with zero attached hydrogens (tertiary/aromatic N) is 4. The molecule has 1 N–H and O–H groups in total. The van der Waals surface area contributed by atoms with E-state index in [1.165, 1.54) is 0 Å². The highest BCUT2D eigenvalue weighted by atomic mass is 16.5. The van der Waals surface area contributed by atoms with Gasteiger partial charge in [0.05, 0.1) is 25.4 Å². The Morgan fingerprint density at radius 2 is 1.87 bits per heavy atom. The SMILES string of the molecule is CCCCOC(=O)C1=C(C)Nc2nnnn2[C@@H]1c1ccc(OCCCC)c(OCC)c1. The van der Waals surface area contributed by atoms with Crippen LogP contribution in [0.25, 0.3) is 0 Å². The number of carbonyl (C=O) groups is 1. The Morgan fingerprint density at radius 3 is 2.61 bits per heavy atom. The number of tetrazole rings is 1. The molecule has 0 spiro atoms. The van der Waals surface area contributed by atoms with Crippen LogP contribution in [0.2, 0.25) is 0 Å². The van der Waals surface area contributed by atoms with E-state index in [2.05, 4.69) is 34.7 Å². The lowest BCUT2D eigenvalue weighted by Crippen LogP contribution is -2.30. The van der Waals surface area contributed by atoms with Gasteiger partial charge in [-0.15, -0.1) is 0 Å². The lowest BCUT2D eigenvalue weighted by Gasteiger charge is -2.28. The molecule has 0 saturated heterocycles. The van der Waals surface area contributed by atoms with Crippen molar-refractivity contribution in [3.05, 3.63) is 35.0 Å². The van der Waals surface area contributed by atoms with Crippen molar-refractivity contribution in [2.45, 2.75) is 59.4 Å². The molecule has 1 atom stereocenters. The van der Waals surface area contributed by atoms with Crippen LogP contribution in [-0.4, -0.2) is 46.0 Å². The van der Waals surface area contributed by atoms with Gasteiger partial charge in [0.2, 0.25) is 5.95 Å². The predicted molar refractivity (Wildman–Crippen MR) is 116 cm³/mol. The molecule has 9 heteroatoms. The number of allylic oxidation sites excluding steroid dienone is 1. The molecule has 0 fully saturated rings. The predicted octanol–water partition coefficient (Wildman–Crippen LogP) is 3.88. The zero-order valence-electron chi connectivity index (χ0n) is 18.7. The number of fused-ring (bicyclic) bond motifs is 1. The summed E-state index contributed by atoms with van der Waals surface area (Å²) in [6, 6.07) is 5.14. The molecule has 0 bridgehead atoms. The van der Waals surface area contributed by atoms with Gasteiger partial charge in [-0.2, -0.15) is 4.68 Å². The van der Waals surface area contributed by atoms with E-state index in [0.717, 1.165) is 31.2 Å². The fourth-order valence-electron chi connectivity index (χ4n) is 3.38. The lowest BCUT2D eigenvalue weighted by atomic mass is 9.95. The van der Waals surface area contributed by atoms with Crippen LogP contribution >= 0.6 is 0 Å². The van der Waals surface area contributed by atoms with Gasteiger partial charge >= 0.3 is 5.97 Å². The number of anilines is 1. The van der Waals surface area contributed by atoms with E-state index >= 15 is 0 Å². The maximum absolute atomic E-state index is 13.0. The third kappa shape index (κ3) is 5.15. The molecule has 0 aliphatic carbocycles. The van der Waals surface area contributed by atoms with Crippen molar-refractivity contribution in [2.75, 3.05) is 25.1 Å². The summed E-state index contributed by atoms with van der Waals surface area (Å²) < 4.78 is 18.9. The van der Waals surface area contributed by atoms with E-state index in [0.29, 0.717) is 48.5 Å². The highest BCUT2D eigenvalue weighted by Crippen LogP contribution is 2.38. The zero-order chi connectivity index (χ0) is 22.2. The molecule has 1 aliphatic rings. The quantitative estimate of drug-likeness (QED) is 0.424. The van der Waals surface area contributed by atoms with Crippen molar-refractivity contribution in [2.24, 2.45) is 0 Å². The average molecular weight is 430 g/mol. The van der Waals surface area contributed by atoms with E-state index in [9.17, 15) is 4.79 Å². The van der Waals surface area contributed by atoms with Crippen molar-refractivity contribution < 1.29 is 19.0 Å². The largest absolute Gasteiger partial charge is 0.490 e. The lowest BCUT2D eigenvalue weighted by molar-refractivity contribution is -0.139. The van der Waals surface area contributed by atoms with Crippen LogP contribution in [-0.2, 0) is 9.53 Å². The first-order valence-corrected chi connectivity index (χ1v) is 10.9. The highest BCUT2D eigenvalue weighted by Gasteiger charge is 2.35. The molecule has 0 radical (unpaired) electrons. The molecule has 2 aromatic rings. The number of esters is 1. The van der Waals surface area contributed by atoms with Gasteiger partial charge in [0.25, 0.3) is 0 Å². The smallest absolute Gasteiger partial charge is 0.338 e. The van der Waals surface area contributed by atoms with Crippen LogP contribution < -0.4 is 14.8 Å². The van der Waals surface area contributed by atoms with E-state index in [1.54, 1.807) is 4.68 Å². The Kier molecular flexibility index (Phi) is 7.86. The third-order valence-corrected chi connectivity index (χ3v) is 5.00. The number of carbonyl (C=O) groups excluding carboxylic acids is 1. The zero-order valence-corrected chi connectivity index (χ0v) is 18.7. The van der Waals surface area contributed by atoms with Gasteiger partial charge in [0, 0.05) is 5.70 Å². The van der Waals surface area contributed by atoms with E-state index < -0.39 is 6.04 Å². The normalized spacial score (nSPS) is 15.3. The van der Waals surface area contributed by atoms with E-state index in [1.807, 2.05) is 32.0 Å². The van der Waals surface area contributed by atoms with Crippen LogP contribution in [0.3, 0.4) is 0 Å². The number of nitrogens with one attached hydrogen (secondary N) is 1. The first-order chi connectivity index (χ1) is 15.1. The van der Waals surface area contributed by atoms with Crippen LogP contribution in [0.1, 0.15) is 65.0 Å². The Labute approximate surface area is 182 Å². The summed E-state index contributed by atoms with van der Waals surface area (Å²) in [5, 5.41) is 15.0. The van der Waals surface area contributed by atoms with Gasteiger partial charge in [0.1, 0.15) is 6.04 Å². The number of aromatic nitrogens is 4. The molecule has 0 saturated carbocycles. The summed E-state index contributed by atoms with van der Waals surface area (Å²) in [6.45, 7) is 9.41. The summed E-state index contributed by atoms with van der Waals surface area (Å²) in [4.78, 5) is 13.0. The number of ether oxygens (including phenoxy) is 3. The topological polar surface area (TPSA) is 100 Å². The van der Waals surface area contributed by atoms with Gasteiger partial charge in [-0.05, 0) is 54.8 Å². The highest BCUT2D eigenvalue weighted by molar-refractivity contribution is 5.92. The number of hydrogen-bond donors (Lipinski definition) is 1. The molecule has 31 heavy (non-hydrogen) atoms. The molecule has 168 valence electrons. The second kappa shape index (κ2) is 10.8. The molecule has 9 nitrogen and oxygen atoms in total. The molecule has 1 aromatic carbocycles. The second-order valence-corrected chi connectivity index (χ2v) is 7.34. The fourth-order valence-corrected chi connectivity index (χ4v) is 3.38. The van der Waals surface area contributed by atoms with Crippen LogP contribution in [0.4, 0.5) is 5.95 Å². The summed E-state index contributed by atoms with van der Waals surface area (Å²) >= 11 is 0. The number of benzene rings is 1. The standard InChI is InChI=1S/C22H31N5O4/c1-5-8-12-30-17-11-10-16(14-18(17)29-7-3)20-19(21(28)31-13-9-6-2)15(4)23-22-24-25-26-27(20)22/h10-11,14,20H,5-9,12-13H2,1-4H3,(H,23,24,26)/t20-/m1/s1. The van der Waals surface area contributed by atoms with Gasteiger partial charge < -0.3 is 19.5 Å². The maximum Gasteiger partial charge on any atom is 0.338 e. The average Bonchev–Trinajstić information content (AvgIpc) is 3.22. The Balaban J connectivity index is 1.98. The molecule has 0 unspecified atom stereocenters. The number of unbranched alkanes of at least 4 members (excludes halogenated alkanes) is 2. The Morgan fingerprint density at radius 1 is 1.10 bits per heavy atom. The van der Waals surface area contributed by atoms with Gasteiger partial charge in [-0.25, -0.2) is 4.79 Å². The van der Waals surface area contributed by atoms with Gasteiger partial charge in [-0.1, -0.05) is 37.9 Å². The molecular weight excluding hydrogens is 398 g/mol. The van der Waals surface area contributed by atoms with Crippen LogP contribution in [0.15, 0.2) is 29.5 Å². The molecule has 1 aromatic heterocycles. The number of hydrogen-bond acceptors (Lipinski definition) is 8. The van der Waals surface area contributed by atoms with Crippen molar-refractivity contribution >= 4 is 11.9 Å². The first-order valence-electron chi connectivity index (χ1n) is 10.9. The van der Waals surface area contributed by atoms with Gasteiger partial charge in [-0.3, -0.25) is 0 Å².